The monoisotopic (exact) mass is 257 g/mol. The summed E-state index contributed by atoms with van der Waals surface area (Å²) < 4.78 is 0. The summed E-state index contributed by atoms with van der Waals surface area (Å²) in [5.41, 5.74) is 3.35. The van der Waals surface area contributed by atoms with Gasteiger partial charge in [0.05, 0.1) is 0 Å². The maximum absolute atomic E-state index is 3.60. The summed E-state index contributed by atoms with van der Waals surface area (Å²) >= 11 is 0. The van der Waals surface area contributed by atoms with E-state index in [2.05, 4.69) is 43.4 Å². The number of hydrogen-bond acceptors (Lipinski definition) is 1. The topological polar surface area (TPSA) is 12.0 Å². The van der Waals surface area contributed by atoms with Gasteiger partial charge in [0, 0.05) is 0 Å². The molecule has 1 saturated heterocycles. The zero-order valence-corrected chi connectivity index (χ0v) is 12.4. The Balaban J connectivity index is 1.85. The highest BCUT2D eigenvalue weighted by Crippen LogP contribution is 2.46. The van der Waals surface area contributed by atoms with Crippen molar-refractivity contribution in [2.75, 3.05) is 13.1 Å². The smallest absolute Gasteiger partial charge is 0.00146 e. The molecule has 19 heavy (non-hydrogen) atoms. The third-order valence-corrected chi connectivity index (χ3v) is 4.79. The average molecular weight is 257 g/mol. The first-order valence-electron chi connectivity index (χ1n) is 8.05. The van der Waals surface area contributed by atoms with Gasteiger partial charge in [0.2, 0.25) is 0 Å². The van der Waals surface area contributed by atoms with Gasteiger partial charge in [-0.2, -0.15) is 0 Å². The standard InChI is InChI=1S/C18H27N/c1-13(2)11-15-12-19-10-9-17(15)18-6-4-3-5-16(18)14-7-8-14/h3-6,13-15,17,19H,7-12H2,1-2H3. The van der Waals surface area contributed by atoms with E-state index < -0.39 is 0 Å². The van der Waals surface area contributed by atoms with E-state index in [9.17, 15) is 0 Å². The van der Waals surface area contributed by atoms with E-state index in [4.69, 9.17) is 0 Å². The van der Waals surface area contributed by atoms with Crippen molar-refractivity contribution in [1.29, 1.82) is 0 Å². The minimum Gasteiger partial charge on any atom is -0.316 e. The van der Waals surface area contributed by atoms with Crippen molar-refractivity contribution >= 4 is 0 Å². The average Bonchev–Trinajstić information content (AvgIpc) is 3.23. The van der Waals surface area contributed by atoms with Gasteiger partial charge in [0.25, 0.3) is 0 Å². The lowest BCUT2D eigenvalue weighted by Gasteiger charge is -2.35. The highest BCUT2D eigenvalue weighted by Gasteiger charge is 2.32. The molecule has 1 heteroatoms. The molecule has 0 radical (unpaired) electrons. The Morgan fingerprint density at radius 2 is 1.84 bits per heavy atom. The Hall–Kier alpha value is -0.820. The Labute approximate surface area is 117 Å². The van der Waals surface area contributed by atoms with Crippen molar-refractivity contribution in [3.8, 4) is 0 Å². The Morgan fingerprint density at radius 3 is 2.53 bits per heavy atom. The molecule has 0 amide bonds. The molecule has 2 atom stereocenters. The van der Waals surface area contributed by atoms with E-state index in [1.807, 2.05) is 0 Å². The van der Waals surface area contributed by atoms with Crippen LogP contribution in [0.4, 0.5) is 0 Å². The molecule has 104 valence electrons. The van der Waals surface area contributed by atoms with Gasteiger partial charge in [-0.3, -0.25) is 0 Å². The number of benzene rings is 1. The SMILES string of the molecule is CC(C)CC1CNCCC1c1ccccc1C1CC1. The van der Waals surface area contributed by atoms with Crippen LogP contribution in [-0.4, -0.2) is 13.1 Å². The Kier molecular flexibility index (Phi) is 3.93. The summed E-state index contributed by atoms with van der Waals surface area (Å²) in [6.45, 7) is 7.12. The first-order chi connectivity index (χ1) is 9.25. The summed E-state index contributed by atoms with van der Waals surface area (Å²) in [6, 6.07) is 9.28. The largest absolute Gasteiger partial charge is 0.316 e. The van der Waals surface area contributed by atoms with Crippen LogP contribution >= 0.6 is 0 Å². The second-order valence-corrected chi connectivity index (χ2v) is 6.89. The minimum atomic E-state index is 0.792. The molecule has 1 heterocycles. The van der Waals surface area contributed by atoms with E-state index in [1.165, 1.54) is 38.8 Å². The van der Waals surface area contributed by atoms with Crippen molar-refractivity contribution in [2.45, 2.75) is 51.4 Å². The van der Waals surface area contributed by atoms with E-state index in [0.717, 1.165) is 23.7 Å². The van der Waals surface area contributed by atoms with Gasteiger partial charge in [-0.25, -0.2) is 0 Å². The molecule has 2 aliphatic rings. The van der Waals surface area contributed by atoms with Gasteiger partial charge in [0.15, 0.2) is 0 Å². The fourth-order valence-electron chi connectivity index (χ4n) is 3.80. The molecular formula is C18H27N. The first kappa shape index (κ1) is 13.2. The van der Waals surface area contributed by atoms with Crippen molar-refractivity contribution in [3.05, 3.63) is 35.4 Å². The van der Waals surface area contributed by atoms with Gasteiger partial charge in [0.1, 0.15) is 0 Å². The maximum atomic E-state index is 3.60. The Bertz CT molecular complexity index is 419. The lowest BCUT2D eigenvalue weighted by molar-refractivity contribution is 0.279. The highest BCUT2D eigenvalue weighted by molar-refractivity contribution is 5.36. The molecular weight excluding hydrogens is 230 g/mol. The number of nitrogens with one attached hydrogen (secondary N) is 1. The van der Waals surface area contributed by atoms with Crippen molar-refractivity contribution in [1.82, 2.24) is 5.32 Å². The number of hydrogen-bond donors (Lipinski definition) is 1. The summed E-state index contributed by atoms with van der Waals surface area (Å²) in [5, 5.41) is 3.60. The van der Waals surface area contributed by atoms with Crippen molar-refractivity contribution < 1.29 is 0 Å². The van der Waals surface area contributed by atoms with Gasteiger partial charge in [-0.05, 0) is 73.6 Å². The predicted molar refractivity (Wildman–Crippen MR) is 81.6 cm³/mol. The van der Waals surface area contributed by atoms with Crippen LogP contribution < -0.4 is 5.32 Å². The molecule has 2 unspecified atom stereocenters. The molecule has 2 fully saturated rings. The van der Waals surface area contributed by atoms with Crippen LogP contribution in [0.1, 0.15) is 62.5 Å². The van der Waals surface area contributed by atoms with Crippen LogP contribution in [0.2, 0.25) is 0 Å². The van der Waals surface area contributed by atoms with Gasteiger partial charge in [-0.15, -0.1) is 0 Å². The fraction of sp³-hybridized carbons (Fsp3) is 0.667. The first-order valence-corrected chi connectivity index (χ1v) is 8.05. The third-order valence-electron chi connectivity index (χ3n) is 4.79. The molecule has 0 spiro atoms. The fourth-order valence-corrected chi connectivity index (χ4v) is 3.80. The van der Waals surface area contributed by atoms with Gasteiger partial charge in [-0.1, -0.05) is 38.1 Å². The number of rotatable bonds is 4. The summed E-state index contributed by atoms with van der Waals surface area (Å²) in [6.07, 6.45) is 5.51. The highest BCUT2D eigenvalue weighted by atomic mass is 14.9. The molecule has 1 saturated carbocycles. The summed E-state index contributed by atoms with van der Waals surface area (Å²) in [4.78, 5) is 0. The van der Waals surface area contributed by atoms with E-state index in [-0.39, 0.29) is 0 Å². The van der Waals surface area contributed by atoms with Crippen LogP contribution in [0.25, 0.3) is 0 Å². The second kappa shape index (κ2) is 5.66. The molecule has 1 nitrogen and oxygen atoms in total. The zero-order valence-electron chi connectivity index (χ0n) is 12.4. The minimum absolute atomic E-state index is 0.792. The van der Waals surface area contributed by atoms with Crippen molar-refractivity contribution in [3.63, 3.8) is 0 Å². The van der Waals surface area contributed by atoms with Crippen LogP contribution in [0.15, 0.2) is 24.3 Å². The molecule has 1 aromatic carbocycles. The third kappa shape index (κ3) is 3.02. The van der Waals surface area contributed by atoms with Crippen LogP contribution in [0.3, 0.4) is 0 Å². The molecule has 1 N–H and O–H groups in total. The molecule has 1 aliphatic heterocycles. The maximum Gasteiger partial charge on any atom is -0.00146 e. The van der Waals surface area contributed by atoms with Gasteiger partial charge < -0.3 is 5.32 Å². The molecule has 3 rings (SSSR count). The lowest BCUT2D eigenvalue weighted by atomic mass is 9.75. The van der Waals surface area contributed by atoms with E-state index in [1.54, 1.807) is 11.1 Å². The lowest BCUT2D eigenvalue weighted by Crippen LogP contribution is -2.36. The second-order valence-electron chi connectivity index (χ2n) is 6.89. The Morgan fingerprint density at radius 1 is 1.11 bits per heavy atom. The molecule has 0 bridgehead atoms. The molecule has 1 aromatic rings. The van der Waals surface area contributed by atoms with E-state index >= 15 is 0 Å². The number of piperidine rings is 1. The van der Waals surface area contributed by atoms with Crippen LogP contribution in [0.5, 0.6) is 0 Å². The normalized spacial score (nSPS) is 27.7. The predicted octanol–water partition coefficient (Wildman–Crippen LogP) is 4.30. The van der Waals surface area contributed by atoms with Crippen LogP contribution in [0, 0.1) is 11.8 Å². The zero-order chi connectivity index (χ0) is 13.2. The van der Waals surface area contributed by atoms with Crippen LogP contribution in [-0.2, 0) is 0 Å². The van der Waals surface area contributed by atoms with Crippen molar-refractivity contribution in [2.24, 2.45) is 11.8 Å². The quantitative estimate of drug-likeness (QED) is 0.848. The molecule has 1 aliphatic carbocycles. The summed E-state index contributed by atoms with van der Waals surface area (Å²) in [7, 11) is 0. The van der Waals surface area contributed by atoms with Gasteiger partial charge >= 0.3 is 0 Å². The summed E-state index contributed by atoms with van der Waals surface area (Å²) in [5.74, 6) is 3.31. The molecule has 0 aromatic heterocycles. The van der Waals surface area contributed by atoms with E-state index in [0.29, 0.717) is 0 Å².